The highest BCUT2D eigenvalue weighted by molar-refractivity contribution is 9.10. The van der Waals surface area contributed by atoms with Crippen molar-refractivity contribution < 1.29 is 4.79 Å². The zero-order valence-corrected chi connectivity index (χ0v) is 11.9. The molecule has 1 aliphatic rings. The number of amides is 1. The van der Waals surface area contributed by atoms with Gasteiger partial charge < -0.3 is 5.32 Å². The summed E-state index contributed by atoms with van der Waals surface area (Å²) < 4.78 is 0.960. The van der Waals surface area contributed by atoms with Gasteiger partial charge in [0.1, 0.15) is 0 Å². The maximum atomic E-state index is 12.2. The summed E-state index contributed by atoms with van der Waals surface area (Å²) in [5, 5.41) is 3.19. The van der Waals surface area contributed by atoms with E-state index in [1.54, 1.807) is 0 Å². The quantitative estimate of drug-likeness (QED) is 0.902. The molecule has 0 heterocycles. The summed E-state index contributed by atoms with van der Waals surface area (Å²) in [7, 11) is 0. The van der Waals surface area contributed by atoms with Gasteiger partial charge in [0.15, 0.2) is 0 Å². The lowest BCUT2D eigenvalue weighted by atomic mass is 9.74. The van der Waals surface area contributed by atoms with Gasteiger partial charge in [-0.1, -0.05) is 22.9 Å². The fourth-order valence-corrected chi connectivity index (χ4v) is 2.96. The summed E-state index contributed by atoms with van der Waals surface area (Å²) in [6.45, 7) is 4.14. The Bertz CT molecular complexity index is 412. The van der Waals surface area contributed by atoms with E-state index in [-0.39, 0.29) is 11.4 Å². The smallest absolute Gasteiger partial charge is 0.251 e. The van der Waals surface area contributed by atoms with Crippen LogP contribution in [0.25, 0.3) is 0 Å². The molecule has 0 radical (unpaired) electrons. The fraction of sp³-hybridized carbons (Fsp3) is 0.500. The van der Waals surface area contributed by atoms with E-state index < -0.39 is 0 Å². The summed E-state index contributed by atoms with van der Waals surface area (Å²) in [6, 6.07) is 5.82. The standard InChI is InChI=1S/C14H18BrNO/c1-3-14(5-4-6-14)16-13(17)11-7-10(2)8-12(15)9-11/h7-9H,3-6H2,1-2H3,(H,16,17). The van der Waals surface area contributed by atoms with Gasteiger partial charge in [0.2, 0.25) is 0 Å². The minimum absolute atomic E-state index is 0.0518. The van der Waals surface area contributed by atoms with Gasteiger partial charge in [-0.2, -0.15) is 0 Å². The fourth-order valence-electron chi connectivity index (χ4n) is 2.35. The van der Waals surface area contributed by atoms with Crippen LogP contribution in [0.3, 0.4) is 0 Å². The predicted molar refractivity (Wildman–Crippen MR) is 73.2 cm³/mol. The van der Waals surface area contributed by atoms with Crippen LogP contribution in [0.15, 0.2) is 22.7 Å². The van der Waals surface area contributed by atoms with E-state index in [1.165, 1.54) is 6.42 Å². The Kier molecular flexibility index (Phi) is 3.57. The van der Waals surface area contributed by atoms with E-state index in [1.807, 2.05) is 25.1 Å². The second-order valence-electron chi connectivity index (χ2n) is 4.96. The first-order valence-electron chi connectivity index (χ1n) is 6.14. The van der Waals surface area contributed by atoms with Gasteiger partial charge >= 0.3 is 0 Å². The largest absolute Gasteiger partial charge is 0.347 e. The summed E-state index contributed by atoms with van der Waals surface area (Å²) in [4.78, 5) is 12.2. The number of hydrogen-bond donors (Lipinski definition) is 1. The Morgan fingerprint density at radius 1 is 1.41 bits per heavy atom. The van der Waals surface area contributed by atoms with Crippen molar-refractivity contribution in [2.24, 2.45) is 0 Å². The molecular formula is C14H18BrNO. The van der Waals surface area contributed by atoms with E-state index >= 15 is 0 Å². The molecule has 0 bridgehead atoms. The highest BCUT2D eigenvalue weighted by Gasteiger charge is 2.36. The van der Waals surface area contributed by atoms with Crippen molar-refractivity contribution in [3.63, 3.8) is 0 Å². The van der Waals surface area contributed by atoms with Crippen LogP contribution in [-0.4, -0.2) is 11.4 Å². The molecule has 1 aromatic carbocycles. The third-order valence-electron chi connectivity index (χ3n) is 3.67. The number of hydrogen-bond acceptors (Lipinski definition) is 1. The normalized spacial score (nSPS) is 17.4. The molecule has 1 aromatic rings. The molecule has 1 amide bonds. The van der Waals surface area contributed by atoms with Crippen molar-refractivity contribution in [1.29, 1.82) is 0 Å². The first-order chi connectivity index (χ1) is 8.04. The summed E-state index contributed by atoms with van der Waals surface area (Å²) >= 11 is 3.43. The molecular weight excluding hydrogens is 278 g/mol. The monoisotopic (exact) mass is 295 g/mol. The molecule has 0 atom stereocenters. The number of rotatable bonds is 3. The highest BCUT2D eigenvalue weighted by Crippen LogP contribution is 2.34. The molecule has 1 N–H and O–H groups in total. The van der Waals surface area contributed by atoms with Gasteiger partial charge in [-0.3, -0.25) is 4.79 Å². The number of aryl methyl sites for hydroxylation is 1. The molecule has 0 aromatic heterocycles. The Hall–Kier alpha value is -0.830. The molecule has 1 saturated carbocycles. The van der Waals surface area contributed by atoms with Crippen molar-refractivity contribution in [2.45, 2.75) is 45.1 Å². The first-order valence-corrected chi connectivity index (χ1v) is 6.94. The van der Waals surface area contributed by atoms with Crippen molar-refractivity contribution in [2.75, 3.05) is 0 Å². The van der Waals surface area contributed by atoms with Crippen LogP contribution >= 0.6 is 15.9 Å². The number of nitrogens with one attached hydrogen (secondary N) is 1. The minimum atomic E-state index is 0.0518. The molecule has 0 aliphatic heterocycles. The number of halogens is 1. The summed E-state index contributed by atoms with van der Waals surface area (Å²) in [6.07, 6.45) is 4.47. The van der Waals surface area contributed by atoms with Gasteiger partial charge in [0.25, 0.3) is 5.91 Å². The molecule has 17 heavy (non-hydrogen) atoms. The van der Waals surface area contributed by atoms with Gasteiger partial charge in [-0.15, -0.1) is 0 Å². The molecule has 2 rings (SSSR count). The van der Waals surface area contributed by atoms with Gasteiger partial charge in [-0.05, 0) is 56.4 Å². The molecule has 1 fully saturated rings. The maximum Gasteiger partial charge on any atom is 0.251 e. The van der Waals surface area contributed by atoms with E-state index in [2.05, 4.69) is 28.2 Å². The summed E-state index contributed by atoms with van der Waals surface area (Å²) in [5.74, 6) is 0.0518. The third kappa shape index (κ3) is 2.71. The molecule has 92 valence electrons. The second kappa shape index (κ2) is 4.81. The van der Waals surface area contributed by atoms with Gasteiger partial charge in [0, 0.05) is 15.6 Å². The van der Waals surface area contributed by atoms with Crippen LogP contribution in [0.4, 0.5) is 0 Å². The van der Waals surface area contributed by atoms with Crippen molar-refractivity contribution in [1.82, 2.24) is 5.32 Å². The van der Waals surface area contributed by atoms with Crippen LogP contribution in [0.5, 0.6) is 0 Å². The molecule has 1 aliphatic carbocycles. The minimum Gasteiger partial charge on any atom is -0.347 e. The van der Waals surface area contributed by atoms with Crippen LogP contribution in [0.1, 0.15) is 48.5 Å². The molecule has 2 nitrogen and oxygen atoms in total. The average molecular weight is 296 g/mol. The highest BCUT2D eigenvalue weighted by atomic mass is 79.9. The van der Waals surface area contributed by atoms with Gasteiger partial charge in [0.05, 0.1) is 0 Å². The first kappa shape index (κ1) is 12.6. The Balaban J connectivity index is 2.14. The second-order valence-corrected chi connectivity index (χ2v) is 5.87. The number of carbonyl (C=O) groups excluding carboxylic acids is 1. The molecule has 3 heteroatoms. The lowest BCUT2D eigenvalue weighted by Gasteiger charge is -2.42. The van der Waals surface area contributed by atoms with E-state index in [4.69, 9.17) is 0 Å². The number of carbonyl (C=O) groups is 1. The van der Waals surface area contributed by atoms with Crippen molar-refractivity contribution >= 4 is 21.8 Å². The maximum absolute atomic E-state index is 12.2. The lowest BCUT2D eigenvalue weighted by molar-refractivity contribution is 0.0820. The average Bonchev–Trinajstić information content (AvgIpc) is 2.21. The van der Waals surface area contributed by atoms with Crippen LogP contribution in [0, 0.1) is 6.92 Å². The SMILES string of the molecule is CCC1(NC(=O)c2cc(C)cc(Br)c2)CCC1. The Labute approximate surface area is 111 Å². The zero-order chi connectivity index (χ0) is 12.5. The van der Waals surface area contributed by atoms with Crippen molar-refractivity contribution in [3.8, 4) is 0 Å². The summed E-state index contributed by atoms with van der Waals surface area (Å²) in [5.41, 5.74) is 1.91. The molecule has 0 saturated heterocycles. The zero-order valence-electron chi connectivity index (χ0n) is 10.3. The van der Waals surface area contributed by atoms with Crippen LogP contribution < -0.4 is 5.32 Å². The van der Waals surface area contributed by atoms with E-state index in [9.17, 15) is 4.79 Å². The van der Waals surface area contributed by atoms with Crippen molar-refractivity contribution in [3.05, 3.63) is 33.8 Å². The number of benzene rings is 1. The van der Waals surface area contributed by atoms with E-state index in [0.29, 0.717) is 0 Å². The predicted octanol–water partition coefficient (Wildman–Crippen LogP) is 3.82. The van der Waals surface area contributed by atoms with Crippen LogP contribution in [0.2, 0.25) is 0 Å². The van der Waals surface area contributed by atoms with Gasteiger partial charge in [-0.25, -0.2) is 0 Å². The topological polar surface area (TPSA) is 29.1 Å². The molecule has 0 spiro atoms. The van der Waals surface area contributed by atoms with E-state index in [0.717, 1.165) is 34.9 Å². The Morgan fingerprint density at radius 2 is 2.12 bits per heavy atom. The lowest BCUT2D eigenvalue weighted by Crippen LogP contribution is -2.52. The third-order valence-corrected chi connectivity index (χ3v) is 4.13. The van der Waals surface area contributed by atoms with Crippen LogP contribution in [-0.2, 0) is 0 Å². The molecule has 0 unspecified atom stereocenters. The Morgan fingerprint density at radius 3 is 2.59 bits per heavy atom.